The standard InChI is InChI=1S/C15H17Cl3N2S/c1-9(2)14-15(20(3)13(19-14)4-5-16)21-12-7-10(17)6-11(18)8-12/h6-9H,4-5H2,1-3H3. The van der Waals surface area contributed by atoms with Gasteiger partial charge in [-0.25, -0.2) is 4.98 Å². The van der Waals surface area contributed by atoms with E-state index in [2.05, 4.69) is 18.4 Å². The van der Waals surface area contributed by atoms with Gasteiger partial charge in [0.15, 0.2) is 0 Å². The molecule has 0 aliphatic heterocycles. The normalized spacial score (nSPS) is 11.4. The molecule has 2 rings (SSSR count). The number of alkyl halides is 1. The zero-order valence-electron chi connectivity index (χ0n) is 12.2. The molecule has 0 N–H and O–H groups in total. The van der Waals surface area contributed by atoms with Crippen LogP contribution in [0.2, 0.25) is 10.0 Å². The Morgan fingerprint density at radius 1 is 1.19 bits per heavy atom. The molecule has 0 bridgehead atoms. The van der Waals surface area contributed by atoms with E-state index in [1.165, 1.54) is 0 Å². The van der Waals surface area contributed by atoms with Gasteiger partial charge < -0.3 is 4.57 Å². The average molecular weight is 364 g/mol. The Balaban J connectivity index is 2.42. The van der Waals surface area contributed by atoms with Crippen molar-refractivity contribution in [2.45, 2.75) is 36.1 Å². The Morgan fingerprint density at radius 2 is 1.81 bits per heavy atom. The molecule has 0 aliphatic rings. The number of aryl methyl sites for hydroxylation is 1. The van der Waals surface area contributed by atoms with Gasteiger partial charge in [0.25, 0.3) is 0 Å². The molecule has 114 valence electrons. The van der Waals surface area contributed by atoms with Crippen molar-refractivity contribution in [3.8, 4) is 0 Å². The fraction of sp³-hybridized carbons (Fsp3) is 0.400. The fourth-order valence-electron chi connectivity index (χ4n) is 2.05. The molecule has 6 heteroatoms. The molecule has 0 spiro atoms. The summed E-state index contributed by atoms with van der Waals surface area (Å²) in [4.78, 5) is 5.74. The maximum Gasteiger partial charge on any atom is 0.110 e. The molecule has 1 aromatic heterocycles. The van der Waals surface area contributed by atoms with E-state index in [0.717, 1.165) is 27.9 Å². The minimum Gasteiger partial charge on any atom is -0.326 e. The highest BCUT2D eigenvalue weighted by Gasteiger charge is 2.18. The Kier molecular flexibility index (Phi) is 5.89. The second-order valence-electron chi connectivity index (χ2n) is 5.08. The first-order chi connectivity index (χ1) is 9.92. The number of rotatable bonds is 5. The van der Waals surface area contributed by atoms with Crippen LogP contribution < -0.4 is 0 Å². The van der Waals surface area contributed by atoms with Crippen LogP contribution in [0.4, 0.5) is 0 Å². The fourth-order valence-corrected chi connectivity index (χ4v) is 4.10. The molecule has 0 unspecified atom stereocenters. The highest BCUT2D eigenvalue weighted by atomic mass is 35.5. The van der Waals surface area contributed by atoms with E-state index in [0.29, 0.717) is 21.8 Å². The van der Waals surface area contributed by atoms with Crippen molar-refractivity contribution in [2.75, 3.05) is 5.88 Å². The highest BCUT2D eigenvalue weighted by Crippen LogP contribution is 2.36. The van der Waals surface area contributed by atoms with E-state index in [1.54, 1.807) is 17.8 Å². The molecule has 0 radical (unpaired) electrons. The van der Waals surface area contributed by atoms with E-state index in [1.807, 2.05) is 19.2 Å². The first kappa shape index (κ1) is 17.0. The predicted octanol–water partition coefficient (Wildman–Crippen LogP) is 5.78. The number of halogens is 3. The molecule has 0 saturated carbocycles. The Morgan fingerprint density at radius 3 is 2.33 bits per heavy atom. The minimum atomic E-state index is 0.345. The molecular formula is C15H17Cl3N2S. The van der Waals surface area contributed by atoms with Crippen molar-refractivity contribution in [3.63, 3.8) is 0 Å². The van der Waals surface area contributed by atoms with E-state index in [4.69, 9.17) is 39.8 Å². The molecule has 0 amide bonds. The smallest absolute Gasteiger partial charge is 0.110 e. The highest BCUT2D eigenvalue weighted by molar-refractivity contribution is 7.99. The van der Waals surface area contributed by atoms with Crippen LogP contribution in [0.1, 0.15) is 31.3 Å². The van der Waals surface area contributed by atoms with E-state index < -0.39 is 0 Å². The molecule has 0 aliphatic carbocycles. The van der Waals surface area contributed by atoms with Crippen LogP contribution in [-0.2, 0) is 13.5 Å². The van der Waals surface area contributed by atoms with Gasteiger partial charge in [-0.3, -0.25) is 0 Å². The number of benzene rings is 1. The Hall–Kier alpha value is -0.350. The van der Waals surface area contributed by atoms with Gasteiger partial charge in [-0.1, -0.05) is 48.8 Å². The van der Waals surface area contributed by atoms with Crippen LogP contribution >= 0.6 is 46.6 Å². The van der Waals surface area contributed by atoms with Crippen LogP contribution in [0.5, 0.6) is 0 Å². The van der Waals surface area contributed by atoms with Crippen molar-refractivity contribution in [2.24, 2.45) is 7.05 Å². The van der Waals surface area contributed by atoms with Gasteiger partial charge in [-0.15, -0.1) is 11.6 Å². The lowest BCUT2D eigenvalue weighted by molar-refractivity contribution is 0.739. The van der Waals surface area contributed by atoms with Crippen LogP contribution in [0, 0.1) is 0 Å². The molecule has 2 nitrogen and oxygen atoms in total. The number of imidazole rings is 1. The third-order valence-corrected chi connectivity index (χ3v) is 4.85. The van der Waals surface area contributed by atoms with Gasteiger partial charge in [0.2, 0.25) is 0 Å². The SMILES string of the molecule is CC(C)c1nc(CCCl)n(C)c1Sc1cc(Cl)cc(Cl)c1. The number of hydrogen-bond donors (Lipinski definition) is 0. The maximum atomic E-state index is 6.08. The summed E-state index contributed by atoms with van der Waals surface area (Å²) in [6.45, 7) is 4.28. The van der Waals surface area contributed by atoms with Crippen LogP contribution in [0.3, 0.4) is 0 Å². The molecule has 0 fully saturated rings. The minimum absolute atomic E-state index is 0.345. The number of aromatic nitrogens is 2. The summed E-state index contributed by atoms with van der Waals surface area (Å²) >= 11 is 19.6. The van der Waals surface area contributed by atoms with E-state index in [-0.39, 0.29) is 0 Å². The van der Waals surface area contributed by atoms with Gasteiger partial charge in [0.1, 0.15) is 10.9 Å². The maximum absolute atomic E-state index is 6.08. The summed E-state index contributed by atoms with van der Waals surface area (Å²) in [5.74, 6) is 1.91. The Labute approximate surface area is 144 Å². The summed E-state index contributed by atoms with van der Waals surface area (Å²) < 4.78 is 2.11. The largest absolute Gasteiger partial charge is 0.326 e. The zero-order chi connectivity index (χ0) is 15.6. The predicted molar refractivity (Wildman–Crippen MR) is 92.3 cm³/mol. The summed E-state index contributed by atoms with van der Waals surface area (Å²) in [5.41, 5.74) is 1.08. The summed E-state index contributed by atoms with van der Waals surface area (Å²) in [5, 5.41) is 2.39. The second-order valence-corrected chi connectivity index (χ2v) is 7.39. The van der Waals surface area contributed by atoms with Gasteiger partial charge in [-0.05, 0) is 24.1 Å². The molecule has 0 atom stereocenters. The van der Waals surface area contributed by atoms with Gasteiger partial charge in [0.05, 0.1) is 5.69 Å². The van der Waals surface area contributed by atoms with E-state index >= 15 is 0 Å². The molecule has 0 saturated heterocycles. The van der Waals surface area contributed by atoms with Crippen molar-refractivity contribution < 1.29 is 0 Å². The lowest BCUT2D eigenvalue weighted by Crippen LogP contribution is -1.99. The summed E-state index contributed by atoms with van der Waals surface area (Å²) in [6, 6.07) is 5.56. The lowest BCUT2D eigenvalue weighted by atomic mass is 10.1. The Bertz CT molecular complexity index is 618. The summed E-state index contributed by atoms with van der Waals surface area (Å²) in [6.07, 6.45) is 0.759. The van der Waals surface area contributed by atoms with Gasteiger partial charge in [0, 0.05) is 34.3 Å². The third-order valence-electron chi connectivity index (χ3n) is 3.08. The quantitative estimate of drug-likeness (QED) is 0.626. The molecule has 21 heavy (non-hydrogen) atoms. The monoisotopic (exact) mass is 362 g/mol. The third kappa shape index (κ3) is 4.10. The molecule has 1 aromatic carbocycles. The molecule has 2 aromatic rings. The first-order valence-corrected chi connectivity index (χ1v) is 8.78. The first-order valence-electron chi connectivity index (χ1n) is 6.67. The van der Waals surface area contributed by atoms with Crippen LogP contribution in [0.15, 0.2) is 28.1 Å². The summed E-state index contributed by atoms with van der Waals surface area (Å²) in [7, 11) is 2.02. The second kappa shape index (κ2) is 7.28. The topological polar surface area (TPSA) is 17.8 Å². The number of nitrogens with zero attached hydrogens (tertiary/aromatic N) is 2. The van der Waals surface area contributed by atoms with E-state index in [9.17, 15) is 0 Å². The van der Waals surface area contributed by atoms with Gasteiger partial charge >= 0.3 is 0 Å². The average Bonchev–Trinajstić information content (AvgIpc) is 2.67. The van der Waals surface area contributed by atoms with Gasteiger partial charge in [-0.2, -0.15) is 0 Å². The van der Waals surface area contributed by atoms with Crippen molar-refractivity contribution >= 4 is 46.6 Å². The molecule has 1 heterocycles. The zero-order valence-corrected chi connectivity index (χ0v) is 15.2. The van der Waals surface area contributed by atoms with Crippen LogP contribution in [-0.4, -0.2) is 15.4 Å². The van der Waals surface area contributed by atoms with Crippen LogP contribution in [0.25, 0.3) is 0 Å². The number of hydrogen-bond acceptors (Lipinski definition) is 2. The van der Waals surface area contributed by atoms with Crippen molar-refractivity contribution in [1.82, 2.24) is 9.55 Å². The van der Waals surface area contributed by atoms with Crippen molar-refractivity contribution in [3.05, 3.63) is 39.8 Å². The molecular weight excluding hydrogens is 347 g/mol. The van der Waals surface area contributed by atoms with Crippen molar-refractivity contribution in [1.29, 1.82) is 0 Å². The lowest BCUT2D eigenvalue weighted by Gasteiger charge is -2.09.